The lowest BCUT2D eigenvalue weighted by Gasteiger charge is -2.10. The number of hydrogen-bond donors (Lipinski definition) is 1. The highest BCUT2D eigenvalue weighted by Gasteiger charge is 2.02. The highest BCUT2D eigenvalue weighted by atomic mass is 16.2. The van der Waals surface area contributed by atoms with Gasteiger partial charge in [0.25, 0.3) is 0 Å². The van der Waals surface area contributed by atoms with Crippen LogP contribution in [-0.2, 0) is 0 Å². The molecule has 1 aromatic heterocycles. The van der Waals surface area contributed by atoms with Gasteiger partial charge < -0.3 is 4.90 Å². The van der Waals surface area contributed by atoms with Gasteiger partial charge in [0.1, 0.15) is 12.1 Å². The molecule has 0 radical (unpaired) electrons. The largest absolute Gasteiger partial charge is 0.331 e. The van der Waals surface area contributed by atoms with Crippen molar-refractivity contribution in [2.24, 2.45) is 0 Å². The lowest BCUT2D eigenvalue weighted by Crippen LogP contribution is -2.27. The summed E-state index contributed by atoms with van der Waals surface area (Å²) in [7, 11) is 3.33. The van der Waals surface area contributed by atoms with E-state index in [1.54, 1.807) is 26.4 Å². The van der Waals surface area contributed by atoms with E-state index in [0.29, 0.717) is 5.82 Å². The van der Waals surface area contributed by atoms with E-state index in [-0.39, 0.29) is 6.03 Å². The van der Waals surface area contributed by atoms with Crippen molar-refractivity contribution < 1.29 is 4.79 Å². The standard InChI is InChI=1S/C7H10N4O/c1-11(2)7(12)10-6-3-4-8-5-9-6/h3-5H,1-2H3,(H,8,9,10,12). The maximum Gasteiger partial charge on any atom is 0.322 e. The lowest BCUT2D eigenvalue weighted by atomic mass is 10.6. The minimum Gasteiger partial charge on any atom is -0.331 e. The summed E-state index contributed by atoms with van der Waals surface area (Å²) in [5, 5.41) is 2.58. The summed E-state index contributed by atoms with van der Waals surface area (Å²) in [5.41, 5.74) is 0. The fraction of sp³-hybridized carbons (Fsp3) is 0.286. The summed E-state index contributed by atoms with van der Waals surface area (Å²) >= 11 is 0. The molecule has 1 rings (SSSR count). The molecule has 0 saturated heterocycles. The SMILES string of the molecule is CN(C)C(=O)Nc1ccncn1. The Kier molecular flexibility index (Phi) is 2.57. The third-order valence-corrected chi connectivity index (χ3v) is 1.22. The average Bonchev–Trinajstić information content (AvgIpc) is 2.06. The molecule has 1 aromatic rings. The van der Waals surface area contributed by atoms with Gasteiger partial charge in [-0.1, -0.05) is 0 Å². The first-order chi connectivity index (χ1) is 5.70. The zero-order valence-electron chi connectivity index (χ0n) is 6.98. The number of urea groups is 1. The van der Waals surface area contributed by atoms with Crippen LogP contribution in [0.15, 0.2) is 18.6 Å². The Morgan fingerprint density at radius 2 is 2.33 bits per heavy atom. The molecule has 12 heavy (non-hydrogen) atoms. The maximum atomic E-state index is 11.1. The van der Waals surface area contributed by atoms with Gasteiger partial charge in [-0.25, -0.2) is 14.8 Å². The number of aromatic nitrogens is 2. The third-order valence-electron chi connectivity index (χ3n) is 1.22. The van der Waals surface area contributed by atoms with Gasteiger partial charge in [-0.2, -0.15) is 0 Å². The summed E-state index contributed by atoms with van der Waals surface area (Å²) in [5.74, 6) is 0.503. The number of hydrogen-bond acceptors (Lipinski definition) is 3. The highest BCUT2D eigenvalue weighted by molar-refractivity contribution is 5.87. The molecule has 64 valence electrons. The fourth-order valence-electron chi connectivity index (χ4n) is 0.586. The Hall–Kier alpha value is -1.65. The Labute approximate surface area is 70.4 Å². The molecule has 1 N–H and O–H groups in total. The minimum atomic E-state index is -0.200. The molecule has 0 aliphatic carbocycles. The number of carbonyl (C=O) groups is 1. The molecule has 5 heteroatoms. The summed E-state index contributed by atoms with van der Waals surface area (Å²) in [6.07, 6.45) is 2.95. The summed E-state index contributed by atoms with van der Waals surface area (Å²) in [6.45, 7) is 0. The molecule has 0 fully saturated rings. The van der Waals surface area contributed by atoms with Crippen LogP contribution in [0.25, 0.3) is 0 Å². The summed E-state index contributed by atoms with van der Waals surface area (Å²) in [4.78, 5) is 20.1. The van der Waals surface area contributed by atoms with Crippen LogP contribution in [0.2, 0.25) is 0 Å². The molecule has 1 heterocycles. The molecule has 0 atom stereocenters. The summed E-state index contributed by atoms with van der Waals surface area (Å²) in [6, 6.07) is 1.43. The molecule has 2 amide bonds. The van der Waals surface area contributed by atoms with Crippen molar-refractivity contribution in [2.75, 3.05) is 19.4 Å². The Bertz CT molecular complexity index is 259. The van der Waals surface area contributed by atoms with Crippen LogP contribution >= 0.6 is 0 Å². The van der Waals surface area contributed by atoms with Gasteiger partial charge in [0.15, 0.2) is 0 Å². The third kappa shape index (κ3) is 2.19. The monoisotopic (exact) mass is 166 g/mol. The van der Waals surface area contributed by atoms with Crippen LogP contribution in [0, 0.1) is 0 Å². The minimum absolute atomic E-state index is 0.200. The number of nitrogens with zero attached hydrogens (tertiary/aromatic N) is 3. The smallest absolute Gasteiger partial charge is 0.322 e. The quantitative estimate of drug-likeness (QED) is 0.663. The molecule has 0 aliphatic heterocycles. The van der Waals surface area contributed by atoms with Gasteiger partial charge in [-0.3, -0.25) is 5.32 Å². The van der Waals surface area contributed by atoms with Crippen LogP contribution in [-0.4, -0.2) is 35.0 Å². The Balaban J connectivity index is 2.59. The van der Waals surface area contributed by atoms with Gasteiger partial charge in [0.05, 0.1) is 0 Å². The summed E-state index contributed by atoms with van der Waals surface area (Å²) < 4.78 is 0. The molecule has 5 nitrogen and oxygen atoms in total. The first-order valence-corrected chi connectivity index (χ1v) is 3.44. The molecule has 0 aliphatic rings. The molecular formula is C7H10N4O. The molecule has 0 saturated carbocycles. The van der Waals surface area contributed by atoms with Crippen LogP contribution in [0.3, 0.4) is 0 Å². The number of anilines is 1. The van der Waals surface area contributed by atoms with Gasteiger partial charge in [0, 0.05) is 20.3 Å². The van der Waals surface area contributed by atoms with Crippen LogP contribution in [0.5, 0.6) is 0 Å². The van der Waals surface area contributed by atoms with E-state index in [4.69, 9.17) is 0 Å². The highest BCUT2D eigenvalue weighted by Crippen LogP contribution is 1.98. The number of nitrogens with one attached hydrogen (secondary N) is 1. The second-order valence-corrected chi connectivity index (χ2v) is 2.42. The van der Waals surface area contributed by atoms with Gasteiger partial charge in [-0.05, 0) is 6.07 Å². The van der Waals surface area contributed by atoms with E-state index < -0.39 is 0 Å². The second-order valence-electron chi connectivity index (χ2n) is 2.42. The van der Waals surface area contributed by atoms with Gasteiger partial charge >= 0.3 is 6.03 Å². The normalized spacial score (nSPS) is 9.17. The van der Waals surface area contributed by atoms with Crippen LogP contribution < -0.4 is 5.32 Å². The number of amides is 2. The zero-order chi connectivity index (χ0) is 8.97. The predicted octanol–water partition coefficient (Wildman–Crippen LogP) is 0.570. The van der Waals surface area contributed by atoms with Crippen molar-refractivity contribution >= 4 is 11.8 Å². The molecule has 0 aromatic carbocycles. The zero-order valence-corrected chi connectivity index (χ0v) is 6.98. The van der Waals surface area contributed by atoms with Crippen LogP contribution in [0.4, 0.5) is 10.6 Å². The maximum absolute atomic E-state index is 11.1. The van der Waals surface area contributed by atoms with Crippen molar-refractivity contribution in [1.29, 1.82) is 0 Å². The number of carbonyl (C=O) groups excluding carboxylic acids is 1. The van der Waals surface area contributed by atoms with Crippen molar-refractivity contribution in [3.63, 3.8) is 0 Å². The van der Waals surface area contributed by atoms with E-state index in [0.717, 1.165) is 0 Å². The topological polar surface area (TPSA) is 58.1 Å². The molecular weight excluding hydrogens is 156 g/mol. The lowest BCUT2D eigenvalue weighted by molar-refractivity contribution is 0.230. The fourth-order valence-corrected chi connectivity index (χ4v) is 0.586. The molecule has 0 unspecified atom stereocenters. The van der Waals surface area contributed by atoms with E-state index in [9.17, 15) is 4.79 Å². The van der Waals surface area contributed by atoms with Crippen molar-refractivity contribution in [1.82, 2.24) is 14.9 Å². The van der Waals surface area contributed by atoms with Gasteiger partial charge in [0.2, 0.25) is 0 Å². The van der Waals surface area contributed by atoms with Crippen LogP contribution in [0.1, 0.15) is 0 Å². The Morgan fingerprint density at radius 3 is 2.83 bits per heavy atom. The first-order valence-electron chi connectivity index (χ1n) is 3.44. The van der Waals surface area contributed by atoms with Crippen molar-refractivity contribution in [2.45, 2.75) is 0 Å². The van der Waals surface area contributed by atoms with Gasteiger partial charge in [-0.15, -0.1) is 0 Å². The van der Waals surface area contributed by atoms with E-state index in [1.807, 2.05) is 0 Å². The van der Waals surface area contributed by atoms with E-state index in [1.165, 1.54) is 11.2 Å². The van der Waals surface area contributed by atoms with Crippen molar-refractivity contribution in [3.8, 4) is 0 Å². The van der Waals surface area contributed by atoms with E-state index >= 15 is 0 Å². The van der Waals surface area contributed by atoms with Crippen molar-refractivity contribution in [3.05, 3.63) is 18.6 Å². The van der Waals surface area contributed by atoms with E-state index in [2.05, 4.69) is 15.3 Å². The Morgan fingerprint density at radius 1 is 1.58 bits per heavy atom. The predicted molar refractivity (Wildman–Crippen MR) is 44.7 cm³/mol. The number of rotatable bonds is 1. The second kappa shape index (κ2) is 3.66. The average molecular weight is 166 g/mol. The molecule has 0 spiro atoms. The molecule has 0 bridgehead atoms. The first kappa shape index (κ1) is 8.45.